The van der Waals surface area contributed by atoms with E-state index < -0.39 is 9.84 Å². The van der Waals surface area contributed by atoms with E-state index in [1.165, 1.54) is 0 Å². The summed E-state index contributed by atoms with van der Waals surface area (Å²) in [5, 5.41) is 11.7. The standard InChI is InChI=1S/C13H26N2O4S/c1-13(2,3)10-15(6-4-7-16)12(17)14-11-5-8-20(18,19)9-11/h11,16H,4-10H2,1-3H3,(H,14,17). The number of hydrogen-bond acceptors (Lipinski definition) is 4. The van der Waals surface area contributed by atoms with Crippen LogP contribution < -0.4 is 5.32 Å². The van der Waals surface area contributed by atoms with Crippen LogP contribution in [0.3, 0.4) is 0 Å². The van der Waals surface area contributed by atoms with Crippen molar-refractivity contribution in [2.24, 2.45) is 5.41 Å². The van der Waals surface area contributed by atoms with Crippen LogP contribution in [0.1, 0.15) is 33.6 Å². The van der Waals surface area contributed by atoms with E-state index in [0.29, 0.717) is 25.9 Å². The summed E-state index contributed by atoms with van der Waals surface area (Å²) in [5.41, 5.74) is -0.0471. The molecule has 1 rings (SSSR count). The minimum absolute atomic E-state index is 0.0299. The van der Waals surface area contributed by atoms with Crippen molar-refractivity contribution in [3.8, 4) is 0 Å². The predicted octanol–water partition coefficient (Wildman–Crippen LogP) is 0.614. The summed E-state index contributed by atoms with van der Waals surface area (Å²) in [5.74, 6) is 0.177. The Labute approximate surface area is 121 Å². The first-order valence-corrected chi connectivity index (χ1v) is 8.82. The average molecular weight is 306 g/mol. The van der Waals surface area contributed by atoms with Crippen molar-refractivity contribution in [2.45, 2.75) is 39.7 Å². The number of aliphatic hydroxyl groups is 1. The van der Waals surface area contributed by atoms with Gasteiger partial charge in [0.05, 0.1) is 11.5 Å². The second-order valence-electron chi connectivity index (χ2n) is 6.61. The first-order valence-electron chi connectivity index (χ1n) is 7.00. The Kier molecular flexibility index (Phi) is 5.82. The molecule has 2 N–H and O–H groups in total. The third kappa shape index (κ3) is 6.09. The maximum absolute atomic E-state index is 12.2. The molecule has 20 heavy (non-hydrogen) atoms. The van der Waals surface area contributed by atoms with Crippen molar-refractivity contribution in [1.29, 1.82) is 0 Å². The number of aliphatic hydroxyl groups excluding tert-OH is 1. The lowest BCUT2D eigenvalue weighted by molar-refractivity contribution is 0.162. The van der Waals surface area contributed by atoms with Gasteiger partial charge >= 0.3 is 6.03 Å². The zero-order valence-corrected chi connectivity index (χ0v) is 13.4. The molecule has 1 aliphatic rings. The molecule has 7 heteroatoms. The van der Waals surface area contributed by atoms with E-state index in [2.05, 4.69) is 5.32 Å². The van der Waals surface area contributed by atoms with Crippen molar-refractivity contribution in [1.82, 2.24) is 10.2 Å². The maximum Gasteiger partial charge on any atom is 0.317 e. The molecule has 1 aliphatic heterocycles. The molecule has 0 aromatic heterocycles. The first-order chi connectivity index (χ1) is 9.13. The van der Waals surface area contributed by atoms with Crippen LogP contribution in [0.2, 0.25) is 0 Å². The Morgan fingerprint density at radius 3 is 2.50 bits per heavy atom. The molecule has 0 radical (unpaired) electrons. The SMILES string of the molecule is CC(C)(C)CN(CCCO)C(=O)NC1CCS(=O)(=O)C1. The monoisotopic (exact) mass is 306 g/mol. The minimum Gasteiger partial charge on any atom is -0.396 e. The highest BCUT2D eigenvalue weighted by atomic mass is 32.2. The highest BCUT2D eigenvalue weighted by molar-refractivity contribution is 7.91. The molecule has 0 bridgehead atoms. The smallest absolute Gasteiger partial charge is 0.317 e. The van der Waals surface area contributed by atoms with Crippen LogP contribution in [-0.4, -0.2) is 61.7 Å². The van der Waals surface area contributed by atoms with Crippen molar-refractivity contribution < 1.29 is 18.3 Å². The number of nitrogens with one attached hydrogen (secondary N) is 1. The molecule has 0 aromatic carbocycles. The van der Waals surface area contributed by atoms with E-state index >= 15 is 0 Å². The lowest BCUT2D eigenvalue weighted by Crippen LogP contribution is -2.48. The Balaban J connectivity index is 2.59. The molecule has 1 unspecified atom stereocenters. The Hall–Kier alpha value is -0.820. The fraction of sp³-hybridized carbons (Fsp3) is 0.923. The summed E-state index contributed by atoms with van der Waals surface area (Å²) in [6.07, 6.45) is 1.00. The Morgan fingerprint density at radius 1 is 1.40 bits per heavy atom. The van der Waals surface area contributed by atoms with E-state index in [-0.39, 0.29) is 35.6 Å². The van der Waals surface area contributed by atoms with Crippen molar-refractivity contribution in [2.75, 3.05) is 31.2 Å². The lowest BCUT2D eigenvalue weighted by atomic mass is 9.96. The molecule has 0 saturated carbocycles. The van der Waals surface area contributed by atoms with E-state index in [0.717, 1.165) is 0 Å². The number of amides is 2. The van der Waals surface area contributed by atoms with Gasteiger partial charge in [0.15, 0.2) is 9.84 Å². The molecule has 0 aromatic rings. The molecule has 0 spiro atoms. The summed E-state index contributed by atoms with van der Waals surface area (Å²) >= 11 is 0. The normalized spacial score (nSPS) is 21.7. The maximum atomic E-state index is 12.2. The summed E-state index contributed by atoms with van der Waals surface area (Å²) in [6, 6.07) is -0.528. The van der Waals surface area contributed by atoms with Gasteiger partial charge in [0.25, 0.3) is 0 Å². The number of urea groups is 1. The van der Waals surface area contributed by atoms with Gasteiger partial charge in [-0.05, 0) is 18.3 Å². The van der Waals surface area contributed by atoms with Crippen LogP contribution in [0.4, 0.5) is 4.79 Å². The summed E-state index contributed by atoms with van der Waals surface area (Å²) in [4.78, 5) is 13.9. The molecule has 0 aliphatic carbocycles. The zero-order valence-electron chi connectivity index (χ0n) is 12.6. The third-order valence-electron chi connectivity index (χ3n) is 3.10. The minimum atomic E-state index is -2.99. The van der Waals surface area contributed by atoms with Gasteiger partial charge in [0.1, 0.15) is 0 Å². The predicted molar refractivity (Wildman–Crippen MR) is 78.3 cm³/mol. The van der Waals surface area contributed by atoms with Crippen molar-refractivity contribution in [3.63, 3.8) is 0 Å². The van der Waals surface area contributed by atoms with Crippen LogP contribution >= 0.6 is 0 Å². The second kappa shape index (κ2) is 6.76. The molecule has 1 atom stereocenters. The van der Waals surface area contributed by atoms with Gasteiger partial charge in [-0.3, -0.25) is 0 Å². The zero-order chi connectivity index (χ0) is 15.4. The number of sulfone groups is 1. The number of nitrogens with zero attached hydrogens (tertiary/aromatic N) is 1. The van der Waals surface area contributed by atoms with Gasteiger partial charge in [0, 0.05) is 25.7 Å². The van der Waals surface area contributed by atoms with E-state index in [4.69, 9.17) is 5.11 Å². The molecule has 2 amide bonds. The van der Waals surface area contributed by atoms with Crippen molar-refractivity contribution in [3.05, 3.63) is 0 Å². The van der Waals surface area contributed by atoms with E-state index in [9.17, 15) is 13.2 Å². The van der Waals surface area contributed by atoms with Crippen LogP contribution in [-0.2, 0) is 9.84 Å². The summed E-state index contributed by atoms with van der Waals surface area (Å²) in [7, 11) is -2.99. The largest absolute Gasteiger partial charge is 0.396 e. The summed E-state index contributed by atoms with van der Waals surface area (Å²) < 4.78 is 22.8. The molecule has 1 saturated heterocycles. The van der Waals surface area contributed by atoms with Gasteiger partial charge in [0.2, 0.25) is 0 Å². The van der Waals surface area contributed by atoms with Crippen LogP contribution in [0.15, 0.2) is 0 Å². The molecular formula is C13H26N2O4S. The topological polar surface area (TPSA) is 86.7 Å². The quantitative estimate of drug-likeness (QED) is 0.779. The van der Waals surface area contributed by atoms with Gasteiger partial charge in [-0.2, -0.15) is 0 Å². The molecule has 118 valence electrons. The van der Waals surface area contributed by atoms with Gasteiger partial charge in [-0.15, -0.1) is 0 Å². The van der Waals surface area contributed by atoms with Crippen LogP contribution in [0.25, 0.3) is 0 Å². The third-order valence-corrected chi connectivity index (χ3v) is 4.87. The van der Waals surface area contributed by atoms with Gasteiger partial charge in [-0.1, -0.05) is 20.8 Å². The molecule has 1 fully saturated rings. The fourth-order valence-corrected chi connectivity index (χ4v) is 3.93. The van der Waals surface area contributed by atoms with Gasteiger partial charge in [-0.25, -0.2) is 13.2 Å². The summed E-state index contributed by atoms with van der Waals surface area (Å²) in [6.45, 7) is 7.17. The molecule has 6 nitrogen and oxygen atoms in total. The molecule has 1 heterocycles. The molecular weight excluding hydrogens is 280 g/mol. The van der Waals surface area contributed by atoms with E-state index in [1.54, 1.807) is 4.90 Å². The van der Waals surface area contributed by atoms with E-state index in [1.807, 2.05) is 20.8 Å². The van der Waals surface area contributed by atoms with Gasteiger partial charge < -0.3 is 15.3 Å². The number of rotatable bonds is 5. The lowest BCUT2D eigenvalue weighted by Gasteiger charge is -2.31. The number of hydrogen-bond donors (Lipinski definition) is 2. The average Bonchev–Trinajstić information content (AvgIpc) is 2.62. The van der Waals surface area contributed by atoms with Crippen LogP contribution in [0.5, 0.6) is 0 Å². The highest BCUT2D eigenvalue weighted by Gasteiger charge is 2.30. The first kappa shape index (κ1) is 17.2. The fourth-order valence-electron chi connectivity index (χ4n) is 2.26. The van der Waals surface area contributed by atoms with Crippen molar-refractivity contribution >= 4 is 15.9 Å². The highest BCUT2D eigenvalue weighted by Crippen LogP contribution is 2.17. The Bertz CT molecular complexity index is 428. The van der Waals surface area contributed by atoms with Crippen LogP contribution in [0, 0.1) is 5.41 Å². The second-order valence-corrected chi connectivity index (χ2v) is 8.84. The number of carbonyl (C=O) groups is 1. The number of carbonyl (C=O) groups excluding carboxylic acids is 1. The Morgan fingerprint density at radius 2 is 2.05 bits per heavy atom.